The number of esters is 1. The van der Waals surface area contributed by atoms with Crippen LogP contribution in [0.3, 0.4) is 0 Å². The lowest BCUT2D eigenvalue weighted by Gasteiger charge is -2.11. The van der Waals surface area contributed by atoms with Gasteiger partial charge in [0.2, 0.25) is 5.43 Å². The summed E-state index contributed by atoms with van der Waals surface area (Å²) in [5, 5.41) is 6.62. The van der Waals surface area contributed by atoms with Crippen molar-refractivity contribution in [2.75, 3.05) is 13.7 Å². The normalized spacial score (nSPS) is 10.2. The summed E-state index contributed by atoms with van der Waals surface area (Å²) >= 11 is 0. The van der Waals surface area contributed by atoms with Gasteiger partial charge in [0.15, 0.2) is 5.69 Å². The first-order valence-corrected chi connectivity index (χ1v) is 7.04. The van der Waals surface area contributed by atoms with Gasteiger partial charge in [0.05, 0.1) is 19.2 Å². The number of nitrogens with zero attached hydrogens (tertiary/aromatic N) is 2. The Kier molecular flexibility index (Phi) is 5.24. The van der Waals surface area contributed by atoms with Crippen molar-refractivity contribution in [2.45, 2.75) is 13.3 Å². The fourth-order valence-electron chi connectivity index (χ4n) is 2.00. The number of rotatable bonds is 5. The van der Waals surface area contributed by atoms with Crippen molar-refractivity contribution in [3.63, 3.8) is 0 Å². The number of ether oxygens (including phenoxy) is 1. The van der Waals surface area contributed by atoms with E-state index in [9.17, 15) is 14.4 Å². The Hall–Kier alpha value is -2.96. The molecule has 0 aliphatic heterocycles. The Morgan fingerprint density at radius 3 is 2.61 bits per heavy atom. The van der Waals surface area contributed by atoms with Crippen LogP contribution in [0.2, 0.25) is 0 Å². The predicted octanol–water partition coefficient (Wildman–Crippen LogP) is 0.834. The lowest BCUT2D eigenvalue weighted by molar-refractivity contribution is -0.140. The summed E-state index contributed by atoms with van der Waals surface area (Å²) in [7, 11) is 1.27. The van der Waals surface area contributed by atoms with Gasteiger partial charge >= 0.3 is 5.97 Å². The minimum absolute atomic E-state index is 0.0287. The summed E-state index contributed by atoms with van der Waals surface area (Å²) in [6.45, 7) is 1.81. The zero-order chi connectivity index (χ0) is 16.8. The molecule has 0 unspecified atom stereocenters. The van der Waals surface area contributed by atoms with E-state index in [1.807, 2.05) is 30.3 Å². The van der Waals surface area contributed by atoms with E-state index in [0.29, 0.717) is 5.69 Å². The molecule has 0 saturated heterocycles. The van der Waals surface area contributed by atoms with E-state index in [1.54, 1.807) is 6.92 Å². The van der Waals surface area contributed by atoms with Gasteiger partial charge in [-0.15, -0.1) is 0 Å². The Morgan fingerprint density at radius 1 is 1.26 bits per heavy atom. The van der Waals surface area contributed by atoms with Crippen LogP contribution in [0.4, 0.5) is 0 Å². The molecule has 0 aliphatic rings. The summed E-state index contributed by atoms with van der Waals surface area (Å²) in [5.74, 6) is -1.06. The molecule has 1 aromatic carbocycles. The average Bonchev–Trinajstić information content (AvgIpc) is 2.55. The van der Waals surface area contributed by atoms with Gasteiger partial charge in [0, 0.05) is 18.3 Å². The van der Waals surface area contributed by atoms with Crippen molar-refractivity contribution in [3.8, 4) is 5.69 Å². The van der Waals surface area contributed by atoms with Crippen molar-refractivity contribution in [3.05, 3.63) is 58.0 Å². The monoisotopic (exact) mass is 315 g/mol. The zero-order valence-corrected chi connectivity index (χ0v) is 12.9. The second-order valence-corrected chi connectivity index (χ2v) is 4.83. The molecule has 1 N–H and O–H groups in total. The smallest absolute Gasteiger partial charge is 0.307 e. The largest absolute Gasteiger partial charge is 0.469 e. The summed E-state index contributed by atoms with van der Waals surface area (Å²) in [4.78, 5) is 35.1. The van der Waals surface area contributed by atoms with Gasteiger partial charge in [-0.25, -0.2) is 4.68 Å². The van der Waals surface area contributed by atoms with Crippen LogP contribution in [0.15, 0.2) is 41.2 Å². The Labute approximate surface area is 132 Å². The molecule has 2 rings (SSSR count). The molecule has 1 heterocycles. The van der Waals surface area contributed by atoms with E-state index < -0.39 is 17.3 Å². The average molecular weight is 315 g/mol. The summed E-state index contributed by atoms with van der Waals surface area (Å²) in [6, 6.07) is 10.5. The highest BCUT2D eigenvalue weighted by Crippen LogP contribution is 2.07. The van der Waals surface area contributed by atoms with Crippen molar-refractivity contribution in [1.82, 2.24) is 15.1 Å². The van der Waals surface area contributed by atoms with Gasteiger partial charge in [-0.05, 0) is 19.1 Å². The number of methoxy groups -OCH3 is 1. The van der Waals surface area contributed by atoms with E-state index in [0.717, 1.165) is 5.69 Å². The van der Waals surface area contributed by atoms with Crippen LogP contribution in [0.25, 0.3) is 5.69 Å². The molecule has 0 atom stereocenters. The predicted molar refractivity (Wildman–Crippen MR) is 83.5 cm³/mol. The molecule has 1 aromatic heterocycles. The SMILES string of the molecule is COC(=O)CCNC(=O)c1nn(-c2ccccc2)c(C)cc1=O. The minimum atomic E-state index is -0.622. The van der Waals surface area contributed by atoms with Crippen LogP contribution < -0.4 is 10.7 Å². The first-order chi connectivity index (χ1) is 11.0. The number of hydrogen-bond donors (Lipinski definition) is 1. The lowest BCUT2D eigenvalue weighted by atomic mass is 10.2. The van der Waals surface area contributed by atoms with Crippen LogP contribution >= 0.6 is 0 Å². The molecule has 23 heavy (non-hydrogen) atoms. The van der Waals surface area contributed by atoms with Crippen LogP contribution in [0, 0.1) is 6.92 Å². The van der Waals surface area contributed by atoms with Crippen molar-refractivity contribution >= 4 is 11.9 Å². The number of aromatic nitrogens is 2. The number of aryl methyl sites for hydroxylation is 1. The molecule has 0 aliphatic carbocycles. The Balaban J connectivity index is 2.24. The highest BCUT2D eigenvalue weighted by molar-refractivity contribution is 5.92. The Morgan fingerprint density at radius 2 is 1.96 bits per heavy atom. The van der Waals surface area contributed by atoms with E-state index in [2.05, 4.69) is 15.2 Å². The third-order valence-corrected chi connectivity index (χ3v) is 3.17. The van der Waals surface area contributed by atoms with Gasteiger partial charge < -0.3 is 10.1 Å². The lowest BCUT2D eigenvalue weighted by Crippen LogP contribution is -2.33. The quantitative estimate of drug-likeness (QED) is 0.826. The van der Waals surface area contributed by atoms with Crippen molar-refractivity contribution in [1.29, 1.82) is 0 Å². The molecule has 0 fully saturated rings. The minimum Gasteiger partial charge on any atom is -0.469 e. The van der Waals surface area contributed by atoms with Crippen LogP contribution in [-0.2, 0) is 9.53 Å². The van der Waals surface area contributed by atoms with Crippen LogP contribution in [0.1, 0.15) is 22.6 Å². The molecule has 0 spiro atoms. The second kappa shape index (κ2) is 7.35. The molecule has 0 bridgehead atoms. The van der Waals surface area contributed by atoms with Gasteiger partial charge in [0.1, 0.15) is 0 Å². The number of nitrogens with one attached hydrogen (secondary N) is 1. The molecule has 2 aromatic rings. The highest BCUT2D eigenvalue weighted by Gasteiger charge is 2.15. The standard InChI is InChI=1S/C16H17N3O4/c1-11-10-13(20)15(16(22)17-9-8-14(21)23-2)18-19(11)12-6-4-3-5-7-12/h3-7,10H,8-9H2,1-2H3,(H,17,22). The molecule has 120 valence electrons. The van der Waals surface area contributed by atoms with E-state index in [-0.39, 0.29) is 18.7 Å². The molecule has 1 amide bonds. The van der Waals surface area contributed by atoms with Crippen LogP contribution in [-0.4, -0.2) is 35.3 Å². The number of para-hydroxylation sites is 1. The molecule has 0 radical (unpaired) electrons. The van der Waals surface area contributed by atoms with Crippen molar-refractivity contribution < 1.29 is 14.3 Å². The number of benzene rings is 1. The number of amides is 1. The molecular weight excluding hydrogens is 298 g/mol. The van der Waals surface area contributed by atoms with Gasteiger partial charge in [-0.3, -0.25) is 14.4 Å². The summed E-state index contributed by atoms with van der Waals surface area (Å²) in [6.07, 6.45) is 0.0287. The number of hydrogen-bond acceptors (Lipinski definition) is 5. The van der Waals surface area contributed by atoms with E-state index >= 15 is 0 Å². The summed E-state index contributed by atoms with van der Waals surface area (Å²) in [5.41, 5.74) is 0.676. The third-order valence-electron chi connectivity index (χ3n) is 3.17. The van der Waals surface area contributed by atoms with Gasteiger partial charge in [0.25, 0.3) is 5.91 Å². The van der Waals surface area contributed by atoms with Gasteiger partial charge in [-0.2, -0.15) is 5.10 Å². The maximum atomic E-state index is 12.1. The zero-order valence-electron chi connectivity index (χ0n) is 12.9. The topological polar surface area (TPSA) is 90.3 Å². The fraction of sp³-hybridized carbons (Fsp3) is 0.250. The molecule has 7 nitrogen and oxygen atoms in total. The molecule has 0 saturated carbocycles. The van der Waals surface area contributed by atoms with Crippen LogP contribution in [0.5, 0.6) is 0 Å². The molecular formula is C16H17N3O4. The molecule has 7 heteroatoms. The Bertz CT molecular complexity index is 769. The fourth-order valence-corrected chi connectivity index (χ4v) is 2.00. The van der Waals surface area contributed by atoms with E-state index in [4.69, 9.17) is 0 Å². The maximum Gasteiger partial charge on any atom is 0.307 e. The first-order valence-electron chi connectivity index (χ1n) is 7.04. The second-order valence-electron chi connectivity index (χ2n) is 4.83. The maximum absolute atomic E-state index is 12.1. The third kappa shape index (κ3) is 4.03. The number of carbonyl (C=O) groups excluding carboxylic acids is 2. The van der Waals surface area contributed by atoms with Gasteiger partial charge in [-0.1, -0.05) is 18.2 Å². The highest BCUT2D eigenvalue weighted by atomic mass is 16.5. The first kappa shape index (κ1) is 16.4. The van der Waals surface area contributed by atoms with Crippen molar-refractivity contribution in [2.24, 2.45) is 0 Å². The number of carbonyl (C=O) groups is 2. The van der Waals surface area contributed by atoms with E-state index in [1.165, 1.54) is 17.9 Å². The summed E-state index contributed by atoms with van der Waals surface area (Å²) < 4.78 is 6.01.